The smallest absolute Gasteiger partial charge is 0.272 e. The Balaban J connectivity index is 1.49. The van der Waals surface area contributed by atoms with Gasteiger partial charge in [-0.2, -0.15) is 5.10 Å². The van der Waals surface area contributed by atoms with E-state index in [1.807, 2.05) is 11.0 Å². The molecule has 2 N–H and O–H groups in total. The molecule has 0 radical (unpaired) electrons. The molecule has 1 saturated heterocycles. The van der Waals surface area contributed by atoms with Crippen molar-refractivity contribution in [3.63, 3.8) is 0 Å². The molecule has 25 heavy (non-hydrogen) atoms. The molecular weight excluding hydrogens is 316 g/mol. The molecule has 0 bridgehead atoms. The second-order valence-corrected chi connectivity index (χ2v) is 7.95. The zero-order valence-corrected chi connectivity index (χ0v) is 15.4. The van der Waals surface area contributed by atoms with Crippen molar-refractivity contribution in [1.29, 1.82) is 0 Å². The van der Waals surface area contributed by atoms with E-state index in [-0.39, 0.29) is 23.8 Å². The van der Waals surface area contributed by atoms with Crippen LogP contribution in [-0.4, -0.2) is 46.0 Å². The number of nitrogens with zero attached hydrogens (tertiary/aromatic N) is 2. The van der Waals surface area contributed by atoms with Gasteiger partial charge in [0.1, 0.15) is 5.69 Å². The average molecular weight is 346 g/mol. The van der Waals surface area contributed by atoms with Gasteiger partial charge in [0.15, 0.2) is 0 Å². The van der Waals surface area contributed by atoms with Gasteiger partial charge in [0.25, 0.3) is 5.91 Å². The molecule has 0 spiro atoms. The molecule has 1 aliphatic carbocycles. The Morgan fingerprint density at radius 1 is 1.28 bits per heavy atom. The number of aromatic amines is 1. The molecule has 2 fully saturated rings. The first kappa shape index (κ1) is 18.0. The number of likely N-dealkylation sites (tertiary alicyclic amines) is 1. The maximum Gasteiger partial charge on any atom is 0.272 e. The molecule has 2 heterocycles. The van der Waals surface area contributed by atoms with Crippen molar-refractivity contribution in [2.24, 2.45) is 11.8 Å². The van der Waals surface area contributed by atoms with Crippen LogP contribution >= 0.6 is 0 Å². The molecule has 2 amide bonds. The van der Waals surface area contributed by atoms with Gasteiger partial charge in [0.2, 0.25) is 5.91 Å². The molecule has 1 saturated carbocycles. The molecule has 1 aromatic heterocycles. The molecule has 138 valence electrons. The van der Waals surface area contributed by atoms with Crippen molar-refractivity contribution in [1.82, 2.24) is 20.4 Å². The Labute approximate surface area is 149 Å². The minimum Gasteiger partial charge on any atom is -0.346 e. The topological polar surface area (TPSA) is 78.1 Å². The van der Waals surface area contributed by atoms with Crippen molar-refractivity contribution in [3.05, 3.63) is 17.5 Å². The Kier molecular flexibility index (Phi) is 5.76. The summed E-state index contributed by atoms with van der Waals surface area (Å²) in [6, 6.07) is 1.86. The summed E-state index contributed by atoms with van der Waals surface area (Å²) in [5.41, 5.74) is 1.42. The van der Waals surface area contributed by atoms with Crippen LogP contribution in [0.15, 0.2) is 6.07 Å². The van der Waals surface area contributed by atoms with Crippen LogP contribution in [0.2, 0.25) is 0 Å². The van der Waals surface area contributed by atoms with Gasteiger partial charge in [0, 0.05) is 30.7 Å². The summed E-state index contributed by atoms with van der Waals surface area (Å²) in [6.07, 6.45) is 7.35. The quantitative estimate of drug-likeness (QED) is 0.860. The van der Waals surface area contributed by atoms with Gasteiger partial charge < -0.3 is 10.2 Å². The predicted octanol–water partition coefficient (Wildman–Crippen LogP) is 2.52. The highest BCUT2D eigenvalue weighted by Crippen LogP contribution is 2.26. The number of hydrogen-bond donors (Lipinski definition) is 2. The maximum absolute atomic E-state index is 12.6. The Bertz CT molecular complexity index is 604. The van der Waals surface area contributed by atoms with Crippen LogP contribution in [0.5, 0.6) is 0 Å². The number of amides is 2. The minimum atomic E-state index is -0.150. The highest BCUT2D eigenvalue weighted by Gasteiger charge is 2.32. The highest BCUT2D eigenvalue weighted by atomic mass is 16.2. The molecule has 1 aromatic rings. The van der Waals surface area contributed by atoms with E-state index < -0.39 is 0 Å². The van der Waals surface area contributed by atoms with E-state index in [2.05, 4.69) is 29.4 Å². The number of carbonyl (C=O) groups is 2. The van der Waals surface area contributed by atoms with Gasteiger partial charge in [-0.15, -0.1) is 0 Å². The van der Waals surface area contributed by atoms with E-state index in [9.17, 15) is 9.59 Å². The normalized spacial score (nSPS) is 21.7. The third kappa shape index (κ3) is 4.61. The fraction of sp³-hybridized carbons (Fsp3) is 0.737. The van der Waals surface area contributed by atoms with Crippen LogP contribution in [0.3, 0.4) is 0 Å². The summed E-state index contributed by atoms with van der Waals surface area (Å²) in [4.78, 5) is 26.9. The SMILES string of the molecule is CC(C)Cc1cc(C(=O)NC2CCN(C(=O)C3CCCCC3)C2)n[nH]1. The fourth-order valence-electron chi connectivity index (χ4n) is 3.97. The number of rotatable bonds is 5. The summed E-state index contributed by atoms with van der Waals surface area (Å²) in [6.45, 7) is 5.65. The monoisotopic (exact) mass is 346 g/mol. The molecular formula is C19H30N4O2. The summed E-state index contributed by atoms with van der Waals surface area (Å²) < 4.78 is 0. The first-order chi connectivity index (χ1) is 12.0. The Morgan fingerprint density at radius 2 is 2.04 bits per heavy atom. The molecule has 2 aliphatic rings. The van der Waals surface area contributed by atoms with Crippen molar-refractivity contribution < 1.29 is 9.59 Å². The van der Waals surface area contributed by atoms with Gasteiger partial charge in [-0.3, -0.25) is 14.7 Å². The standard InChI is InChI=1S/C19H30N4O2/c1-13(2)10-16-11-17(22-21-16)18(24)20-15-8-9-23(12-15)19(25)14-6-4-3-5-7-14/h11,13-15H,3-10,12H2,1-2H3,(H,20,24)(H,21,22). The summed E-state index contributed by atoms with van der Waals surface area (Å²) >= 11 is 0. The lowest BCUT2D eigenvalue weighted by atomic mass is 9.88. The van der Waals surface area contributed by atoms with E-state index in [4.69, 9.17) is 0 Å². The minimum absolute atomic E-state index is 0.0327. The highest BCUT2D eigenvalue weighted by molar-refractivity contribution is 5.92. The Hall–Kier alpha value is -1.85. The van der Waals surface area contributed by atoms with Crippen molar-refractivity contribution in [2.75, 3.05) is 13.1 Å². The zero-order valence-electron chi connectivity index (χ0n) is 15.4. The largest absolute Gasteiger partial charge is 0.346 e. The molecule has 6 heteroatoms. The number of aromatic nitrogens is 2. The van der Waals surface area contributed by atoms with E-state index in [0.29, 0.717) is 18.2 Å². The first-order valence-corrected chi connectivity index (χ1v) is 9.67. The average Bonchev–Trinajstić information content (AvgIpc) is 3.24. The molecule has 1 aliphatic heterocycles. The molecule has 3 rings (SSSR count). The predicted molar refractivity (Wildman–Crippen MR) is 96.2 cm³/mol. The number of carbonyl (C=O) groups excluding carboxylic acids is 2. The lowest BCUT2D eigenvalue weighted by Gasteiger charge is -2.26. The van der Waals surface area contributed by atoms with E-state index in [1.165, 1.54) is 19.3 Å². The van der Waals surface area contributed by atoms with Gasteiger partial charge >= 0.3 is 0 Å². The van der Waals surface area contributed by atoms with E-state index in [1.54, 1.807) is 0 Å². The third-order valence-corrected chi connectivity index (χ3v) is 5.28. The fourth-order valence-corrected chi connectivity index (χ4v) is 3.97. The van der Waals surface area contributed by atoms with Gasteiger partial charge in [-0.25, -0.2) is 0 Å². The van der Waals surface area contributed by atoms with Crippen LogP contribution < -0.4 is 5.32 Å². The van der Waals surface area contributed by atoms with Crippen LogP contribution in [-0.2, 0) is 11.2 Å². The van der Waals surface area contributed by atoms with Crippen LogP contribution in [0.25, 0.3) is 0 Å². The van der Waals surface area contributed by atoms with E-state index >= 15 is 0 Å². The van der Waals surface area contributed by atoms with Gasteiger partial charge in [-0.1, -0.05) is 33.1 Å². The van der Waals surface area contributed by atoms with Crippen molar-refractivity contribution in [2.45, 2.75) is 64.8 Å². The molecule has 6 nitrogen and oxygen atoms in total. The first-order valence-electron chi connectivity index (χ1n) is 9.67. The van der Waals surface area contributed by atoms with Gasteiger partial charge in [-0.05, 0) is 37.7 Å². The summed E-state index contributed by atoms with van der Waals surface area (Å²) in [5, 5.41) is 10.1. The van der Waals surface area contributed by atoms with Crippen LogP contribution in [0.1, 0.15) is 68.6 Å². The van der Waals surface area contributed by atoms with Crippen LogP contribution in [0.4, 0.5) is 0 Å². The number of H-pyrrole nitrogens is 1. The van der Waals surface area contributed by atoms with Crippen molar-refractivity contribution >= 4 is 11.8 Å². The Morgan fingerprint density at radius 3 is 2.76 bits per heavy atom. The van der Waals surface area contributed by atoms with Gasteiger partial charge in [0.05, 0.1) is 0 Å². The molecule has 1 atom stereocenters. The second kappa shape index (κ2) is 8.02. The van der Waals surface area contributed by atoms with Crippen molar-refractivity contribution in [3.8, 4) is 0 Å². The zero-order chi connectivity index (χ0) is 17.8. The van der Waals surface area contributed by atoms with E-state index in [0.717, 1.165) is 37.9 Å². The maximum atomic E-state index is 12.6. The second-order valence-electron chi connectivity index (χ2n) is 7.95. The molecule has 0 aromatic carbocycles. The number of hydrogen-bond acceptors (Lipinski definition) is 3. The summed E-state index contributed by atoms with van der Waals surface area (Å²) in [5.74, 6) is 0.859. The number of nitrogens with one attached hydrogen (secondary N) is 2. The third-order valence-electron chi connectivity index (χ3n) is 5.28. The molecule has 1 unspecified atom stereocenters. The lowest BCUT2D eigenvalue weighted by molar-refractivity contribution is -0.135. The van der Waals surface area contributed by atoms with Crippen LogP contribution in [0, 0.1) is 11.8 Å². The summed E-state index contributed by atoms with van der Waals surface area (Å²) in [7, 11) is 0. The lowest BCUT2D eigenvalue weighted by Crippen LogP contribution is -2.40.